The van der Waals surface area contributed by atoms with Gasteiger partial charge in [-0.3, -0.25) is 4.68 Å². The lowest BCUT2D eigenvalue weighted by atomic mass is 10.0. The third-order valence-electron chi connectivity index (χ3n) is 2.57. The van der Waals surface area contributed by atoms with Gasteiger partial charge in [-0.05, 0) is 30.2 Å². The van der Waals surface area contributed by atoms with Crippen LogP contribution in [-0.4, -0.2) is 15.0 Å². The lowest BCUT2D eigenvalue weighted by Gasteiger charge is -2.11. The smallest absolute Gasteiger partial charge is 0.123 e. The van der Waals surface area contributed by atoms with Gasteiger partial charge >= 0.3 is 0 Å². The molecule has 0 aliphatic heterocycles. The highest BCUT2D eigenvalue weighted by molar-refractivity contribution is 5.26. The molecule has 0 radical (unpaired) electrons. The van der Waals surface area contributed by atoms with Gasteiger partial charge in [0.15, 0.2) is 0 Å². The van der Waals surface area contributed by atoms with E-state index in [-0.39, 0.29) is 11.9 Å². The molecule has 5 heteroatoms. The first kappa shape index (κ1) is 11.7. The molecular formula is C12H15FN4. The summed E-state index contributed by atoms with van der Waals surface area (Å²) in [7, 11) is 1.80. The van der Waals surface area contributed by atoms with Gasteiger partial charge in [-0.15, -0.1) is 5.10 Å². The number of benzene rings is 1. The van der Waals surface area contributed by atoms with Gasteiger partial charge in [0, 0.05) is 25.7 Å². The summed E-state index contributed by atoms with van der Waals surface area (Å²) in [5.74, 6) is -0.255. The second kappa shape index (κ2) is 4.63. The van der Waals surface area contributed by atoms with E-state index in [0.29, 0.717) is 6.42 Å². The number of aromatic nitrogens is 3. The standard InChI is InChI=1S/C12H15FN4/c1-8-3-9(5-10(13)4-8)12(14)6-11-7-17(2)16-15-11/h3-5,7,12H,6,14H2,1-2H3. The van der Waals surface area contributed by atoms with Crippen molar-refractivity contribution in [1.29, 1.82) is 0 Å². The number of hydrogen-bond donors (Lipinski definition) is 1. The molecule has 0 bridgehead atoms. The Kier molecular flexibility index (Phi) is 3.19. The molecule has 1 unspecified atom stereocenters. The molecular weight excluding hydrogens is 219 g/mol. The second-order valence-corrected chi connectivity index (χ2v) is 4.26. The van der Waals surface area contributed by atoms with E-state index in [1.165, 1.54) is 12.1 Å². The van der Waals surface area contributed by atoms with E-state index < -0.39 is 0 Å². The Balaban J connectivity index is 2.16. The molecule has 0 saturated carbocycles. The summed E-state index contributed by atoms with van der Waals surface area (Å²) in [6, 6.07) is 4.58. The Labute approximate surface area is 99.2 Å². The first-order valence-corrected chi connectivity index (χ1v) is 5.42. The molecule has 0 amide bonds. The predicted octanol–water partition coefficient (Wildman–Crippen LogP) is 1.51. The third kappa shape index (κ3) is 2.88. The average molecular weight is 234 g/mol. The lowest BCUT2D eigenvalue weighted by molar-refractivity contribution is 0.616. The Morgan fingerprint density at radius 2 is 2.18 bits per heavy atom. The first-order valence-electron chi connectivity index (χ1n) is 5.42. The molecule has 4 nitrogen and oxygen atoms in total. The number of aryl methyl sites for hydroxylation is 2. The highest BCUT2D eigenvalue weighted by atomic mass is 19.1. The number of nitrogens with zero attached hydrogens (tertiary/aromatic N) is 3. The highest BCUT2D eigenvalue weighted by Gasteiger charge is 2.11. The van der Waals surface area contributed by atoms with Gasteiger partial charge in [0.25, 0.3) is 0 Å². The van der Waals surface area contributed by atoms with Gasteiger partial charge in [-0.25, -0.2) is 4.39 Å². The number of hydrogen-bond acceptors (Lipinski definition) is 3. The van der Waals surface area contributed by atoms with E-state index in [9.17, 15) is 4.39 Å². The fourth-order valence-corrected chi connectivity index (χ4v) is 1.81. The summed E-state index contributed by atoms with van der Waals surface area (Å²) < 4.78 is 14.9. The quantitative estimate of drug-likeness (QED) is 0.875. The molecule has 0 aliphatic carbocycles. The zero-order valence-electron chi connectivity index (χ0n) is 9.89. The molecule has 0 fully saturated rings. The third-order valence-corrected chi connectivity index (χ3v) is 2.57. The Hall–Kier alpha value is -1.75. The predicted molar refractivity (Wildman–Crippen MR) is 62.8 cm³/mol. The van der Waals surface area contributed by atoms with Crippen molar-refractivity contribution >= 4 is 0 Å². The van der Waals surface area contributed by atoms with Crippen molar-refractivity contribution < 1.29 is 4.39 Å². The van der Waals surface area contributed by atoms with Crippen molar-refractivity contribution in [3.05, 3.63) is 47.0 Å². The summed E-state index contributed by atoms with van der Waals surface area (Å²) in [5, 5.41) is 7.80. The van der Waals surface area contributed by atoms with E-state index >= 15 is 0 Å². The first-order chi connectivity index (χ1) is 8.04. The number of rotatable bonds is 3. The monoisotopic (exact) mass is 234 g/mol. The van der Waals surface area contributed by atoms with Crippen LogP contribution in [0.3, 0.4) is 0 Å². The van der Waals surface area contributed by atoms with Gasteiger partial charge in [-0.1, -0.05) is 11.3 Å². The molecule has 0 aliphatic rings. The number of nitrogens with two attached hydrogens (primary N) is 1. The minimum absolute atomic E-state index is 0.255. The van der Waals surface area contributed by atoms with Crippen LogP contribution >= 0.6 is 0 Å². The molecule has 1 heterocycles. The fourth-order valence-electron chi connectivity index (χ4n) is 1.81. The van der Waals surface area contributed by atoms with Crippen LogP contribution in [0.4, 0.5) is 4.39 Å². The van der Waals surface area contributed by atoms with Crippen molar-refractivity contribution in [3.63, 3.8) is 0 Å². The molecule has 2 aromatic rings. The summed E-state index contributed by atoms with van der Waals surface area (Å²) in [6.07, 6.45) is 2.36. The van der Waals surface area contributed by atoms with Crippen LogP contribution in [0.15, 0.2) is 24.4 Å². The highest BCUT2D eigenvalue weighted by Crippen LogP contribution is 2.17. The maximum Gasteiger partial charge on any atom is 0.123 e. The molecule has 1 atom stereocenters. The molecule has 17 heavy (non-hydrogen) atoms. The molecule has 0 saturated heterocycles. The summed E-state index contributed by atoms with van der Waals surface area (Å²) in [4.78, 5) is 0. The van der Waals surface area contributed by atoms with E-state index in [4.69, 9.17) is 5.73 Å². The van der Waals surface area contributed by atoms with Gasteiger partial charge in [0.1, 0.15) is 5.82 Å². The summed E-state index contributed by atoms with van der Waals surface area (Å²) >= 11 is 0. The zero-order valence-corrected chi connectivity index (χ0v) is 9.89. The fraction of sp³-hybridized carbons (Fsp3) is 0.333. The summed E-state index contributed by atoms with van der Waals surface area (Å²) in [5.41, 5.74) is 8.49. The van der Waals surface area contributed by atoms with Crippen molar-refractivity contribution in [2.45, 2.75) is 19.4 Å². The van der Waals surface area contributed by atoms with Gasteiger partial charge in [-0.2, -0.15) is 0 Å². The minimum atomic E-state index is -0.263. The molecule has 0 spiro atoms. The summed E-state index contributed by atoms with van der Waals surface area (Å²) in [6.45, 7) is 1.85. The molecule has 1 aromatic carbocycles. The van der Waals surface area contributed by atoms with E-state index in [2.05, 4.69) is 10.3 Å². The molecule has 90 valence electrons. The van der Waals surface area contributed by atoms with E-state index in [0.717, 1.165) is 16.8 Å². The van der Waals surface area contributed by atoms with Crippen LogP contribution in [0.1, 0.15) is 22.9 Å². The topological polar surface area (TPSA) is 56.7 Å². The minimum Gasteiger partial charge on any atom is -0.324 e. The Morgan fingerprint density at radius 3 is 2.76 bits per heavy atom. The normalized spacial score (nSPS) is 12.7. The molecule has 1 aromatic heterocycles. The zero-order chi connectivity index (χ0) is 12.4. The molecule has 2 rings (SSSR count). The van der Waals surface area contributed by atoms with Crippen LogP contribution in [0.2, 0.25) is 0 Å². The number of halogens is 1. The van der Waals surface area contributed by atoms with Crippen LogP contribution in [0, 0.1) is 12.7 Å². The van der Waals surface area contributed by atoms with Crippen LogP contribution in [0.5, 0.6) is 0 Å². The SMILES string of the molecule is Cc1cc(F)cc(C(N)Cc2cn(C)nn2)c1. The average Bonchev–Trinajstić information content (AvgIpc) is 2.62. The maximum absolute atomic E-state index is 13.2. The van der Waals surface area contributed by atoms with Crippen LogP contribution in [-0.2, 0) is 13.5 Å². The molecule has 2 N–H and O–H groups in total. The van der Waals surface area contributed by atoms with Gasteiger partial charge in [0.2, 0.25) is 0 Å². The van der Waals surface area contributed by atoms with E-state index in [1.807, 2.05) is 19.2 Å². The lowest BCUT2D eigenvalue weighted by Crippen LogP contribution is -2.14. The maximum atomic E-state index is 13.2. The largest absolute Gasteiger partial charge is 0.324 e. The van der Waals surface area contributed by atoms with Crippen molar-refractivity contribution in [2.24, 2.45) is 12.8 Å². The Morgan fingerprint density at radius 1 is 1.41 bits per heavy atom. The second-order valence-electron chi connectivity index (χ2n) is 4.26. The van der Waals surface area contributed by atoms with Crippen molar-refractivity contribution in [1.82, 2.24) is 15.0 Å². The van der Waals surface area contributed by atoms with Crippen LogP contribution < -0.4 is 5.73 Å². The van der Waals surface area contributed by atoms with Crippen molar-refractivity contribution in [3.8, 4) is 0 Å². The van der Waals surface area contributed by atoms with Gasteiger partial charge < -0.3 is 5.73 Å². The van der Waals surface area contributed by atoms with Crippen LogP contribution in [0.25, 0.3) is 0 Å². The van der Waals surface area contributed by atoms with Crippen molar-refractivity contribution in [2.75, 3.05) is 0 Å². The Bertz CT molecular complexity index is 501. The van der Waals surface area contributed by atoms with Gasteiger partial charge in [0.05, 0.1) is 5.69 Å². The van der Waals surface area contributed by atoms with E-state index in [1.54, 1.807) is 11.7 Å².